The van der Waals surface area contributed by atoms with Crippen LogP contribution in [0.2, 0.25) is 0 Å². The first kappa shape index (κ1) is 20.9. The number of nitrogens with zero attached hydrogens (tertiary/aromatic N) is 4. The van der Waals surface area contributed by atoms with E-state index in [1.165, 1.54) is 6.92 Å². The second-order valence-corrected chi connectivity index (χ2v) is 7.39. The van der Waals surface area contributed by atoms with Gasteiger partial charge in [-0.25, -0.2) is 4.98 Å². The molecule has 0 saturated heterocycles. The van der Waals surface area contributed by atoms with Crippen LogP contribution < -0.4 is 5.32 Å². The molecule has 0 radical (unpaired) electrons. The van der Waals surface area contributed by atoms with Gasteiger partial charge in [-0.2, -0.15) is 5.26 Å². The predicted octanol–water partition coefficient (Wildman–Crippen LogP) is 4.67. The summed E-state index contributed by atoms with van der Waals surface area (Å²) in [6.07, 6.45) is 7.17. The van der Waals surface area contributed by atoms with Crippen LogP contribution in [0.5, 0.6) is 0 Å². The minimum Gasteiger partial charge on any atom is -0.311 e. The SMILES string of the molecule is CC(=O)Nc1cccc(C(c2cccc(C#N)c2)C(c2cccnc2)c2cccnc2)n1. The summed E-state index contributed by atoms with van der Waals surface area (Å²) in [4.78, 5) is 25.1. The summed E-state index contributed by atoms with van der Waals surface area (Å²) in [7, 11) is 0. The molecular weight excluding hydrogens is 398 g/mol. The summed E-state index contributed by atoms with van der Waals surface area (Å²) in [5, 5.41) is 12.3. The molecular formula is C26H21N5O. The normalized spacial score (nSPS) is 11.5. The maximum Gasteiger partial charge on any atom is 0.222 e. The van der Waals surface area contributed by atoms with Crippen LogP contribution in [0.3, 0.4) is 0 Å². The molecule has 4 aromatic rings. The average molecular weight is 419 g/mol. The fourth-order valence-corrected chi connectivity index (χ4v) is 3.91. The molecule has 4 rings (SSSR count). The minimum absolute atomic E-state index is 0.161. The summed E-state index contributed by atoms with van der Waals surface area (Å²) in [6, 6.07) is 23.2. The van der Waals surface area contributed by atoms with E-state index < -0.39 is 0 Å². The Balaban J connectivity index is 1.95. The van der Waals surface area contributed by atoms with Crippen LogP contribution in [-0.4, -0.2) is 20.9 Å². The molecule has 3 heterocycles. The first-order valence-corrected chi connectivity index (χ1v) is 10.2. The van der Waals surface area contributed by atoms with Gasteiger partial charge in [0.1, 0.15) is 5.82 Å². The lowest BCUT2D eigenvalue weighted by atomic mass is 9.76. The van der Waals surface area contributed by atoms with Gasteiger partial charge in [0, 0.05) is 43.5 Å². The number of carbonyl (C=O) groups is 1. The van der Waals surface area contributed by atoms with Crippen molar-refractivity contribution in [2.24, 2.45) is 0 Å². The van der Waals surface area contributed by atoms with Crippen molar-refractivity contribution in [2.45, 2.75) is 18.8 Å². The maximum absolute atomic E-state index is 11.6. The number of nitrogens with one attached hydrogen (secondary N) is 1. The van der Waals surface area contributed by atoms with Gasteiger partial charge in [0.2, 0.25) is 5.91 Å². The monoisotopic (exact) mass is 419 g/mol. The summed E-state index contributed by atoms with van der Waals surface area (Å²) in [5.74, 6) is -0.113. The minimum atomic E-state index is -0.245. The van der Waals surface area contributed by atoms with Crippen molar-refractivity contribution >= 4 is 11.7 Å². The molecule has 1 unspecified atom stereocenters. The van der Waals surface area contributed by atoms with E-state index in [0.29, 0.717) is 11.4 Å². The highest BCUT2D eigenvalue weighted by molar-refractivity contribution is 5.87. The van der Waals surface area contributed by atoms with E-state index in [1.54, 1.807) is 24.5 Å². The maximum atomic E-state index is 11.6. The standard InChI is InChI=1S/C26H21N5O/c1-18(32)30-24-11-3-10-23(31-24)26(20-7-2-6-19(14-20)15-27)25(21-8-4-12-28-16-21)22-9-5-13-29-17-22/h2-14,16-17,25-26H,1H3,(H,30,31,32). The van der Waals surface area contributed by atoms with Crippen molar-refractivity contribution in [2.75, 3.05) is 5.32 Å². The highest BCUT2D eigenvalue weighted by Gasteiger charge is 2.30. The zero-order valence-corrected chi connectivity index (χ0v) is 17.5. The smallest absolute Gasteiger partial charge is 0.222 e. The Morgan fingerprint density at radius 1 is 0.875 bits per heavy atom. The second kappa shape index (κ2) is 9.63. The summed E-state index contributed by atoms with van der Waals surface area (Å²) in [5.41, 5.74) is 4.28. The molecule has 1 N–H and O–H groups in total. The number of pyridine rings is 3. The molecule has 0 aliphatic carbocycles. The Morgan fingerprint density at radius 2 is 1.53 bits per heavy atom. The molecule has 6 heteroatoms. The molecule has 1 atom stereocenters. The number of rotatable bonds is 6. The topological polar surface area (TPSA) is 91.6 Å². The molecule has 32 heavy (non-hydrogen) atoms. The van der Waals surface area contributed by atoms with E-state index in [1.807, 2.05) is 67.0 Å². The largest absolute Gasteiger partial charge is 0.311 e. The zero-order valence-electron chi connectivity index (χ0n) is 17.5. The van der Waals surface area contributed by atoms with Crippen molar-refractivity contribution in [3.63, 3.8) is 0 Å². The second-order valence-electron chi connectivity index (χ2n) is 7.39. The first-order valence-electron chi connectivity index (χ1n) is 10.2. The number of aromatic nitrogens is 3. The van der Waals surface area contributed by atoms with E-state index in [-0.39, 0.29) is 17.7 Å². The third-order valence-electron chi connectivity index (χ3n) is 5.19. The van der Waals surface area contributed by atoms with Crippen LogP contribution in [0.15, 0.2) is 91.5 Å². The number of anilines is 1. The van der Waals surface area contributed by atoms with E-state index in [4.69, 9.17) is 4.98 Å². The van der Waals surface area contributed by atoms with Crippen molar-refractivity contribution < 1.29 is 4.79 Å². The van der Waals surface area contributed by atoms with Gasteiger partial charge in [0.25, 0.3) is 0 Å². The van der Waals surface area contributed by atoms with E-state index in [2.05, 4.69) is 21.4 Å². The third kappa shape index (κ3) is 4.68. The molecule has 0 fully saturated rings. The quantitative estimate of drug-likeness (QED) is 0.490. The molecule has 1 amide bonds. The van der Waals surface area contributed by atoms with Gasteiger partial charge in [-0.15, -0.1) is 0 Å². The third-order valence-corrected chi connectivity index (χ3v) is 5.19. The Kier molecular flexibility index (Phi) is 6.28. The highest BCUT2D eigenvalue weighted by atomic mass is 16.1. The van der Waals surface area contributed by atoms with Crippen LogP contribution >= 0.6 is 0 Å². The summed E-state index contributed by atoms with van der Waals surface area (Å²) < 4.78 is 0. The molecule has 1 aromatic carbocycles. The van der Waals surface area contributed by atoms with Crippen LogP contribution in [0.4, 0.5) is 5.82 Å². The van der Waals surface area contributed by atoms with Gasteiger partial charge in [-0.1, -0.05) is 30.3 Å². The van der Waals surface area contributed by atoms with Gasteiger partial charge in [0.05, 0.1) is 17.3 Å². The Morgan fingerprint density at radius 3 is 2.12 bits per heavy atom. The van der Waals surface area contributed by atoms with Crippen molar-refractivity contribution in [1.82, 2.24) is 15.0 Å². The summed E-state index contributed by atoms with van der Waals surface area (Å²) in [6.45, 7) is 1.45. The van der Waals surface area contributed by atoms with Gasteiger partial charge >= 0.3 is 0 Å². The molecule has 0 aliphatic heterocycles. The average Bonchev–Trinajstić information content (AvgIpc) is 2.83. The van der Waals surface area contributed by atoms with Gasteiger partial charge < -0.3 is 5.32 Å². The van der Waals surface area contributed by atoms with Gasteiger partial charge in [-0.05, 0) is 53.1 Å². The first-order chi connectivity index (χ1) is 15.7. The highest BCUT2D eigenvalue weighted by Crippen LogP contribution is 2.42. The Hall–Kier alpha value is -4.37. The van der Waals surface area contributed by atoms with Crippen LogP contribution in [0, 0.1) is 11.3 Å². The number of hydrogen-bond donors (Lipinski definition) is 1. The van der Waals surface area contributed by atoms with Crippen molar-refractivity contribution in [1.29, 1.82) is 5.26 Å². The number of benzene rings is 1. The summed E-state index contributed by atoms with van der Waals surface area (Å²) >= 11 is 0. The van der Waals surface area contributed by atoms with Gasteiger partial charge in [0.15, 0.2) is 0 Å². The molecule has 6 nitrogen and oxygen atoms in total. The number of carbonyl (C=O) groups excluding carboxylic acids is 1. The number of nitriles is 1. The molecule has 0 bridgehead atoms. The molecule has 0 spiro atoms. The lowest BCUT2D eigenvalue weighted by Gasteiger charge is -2.28. The number of hydrogen-bond acceptors (Lipinski definition) is 5. The van der Waals surface area contributed by atoms with E-state index >= 15 is 0 Å². The molecule has 0 saturated carbocycles. The van der Waals surface area contributed by atoms with Crippen LogP contribution in [0.1, 0.15) is 46.7 Å². The fourth-order valence-electron chi connectivity index (χ4n) is 3.91. The van der Waals surface area contributed by atoms with E-state index in [9.17, 15) is 10.1 Å². The van der Waals surface area contributed by atoms with Crippen LogP contribution in [0.25, 0.3) is 0 Å². The molecule has 0 aliphatic rings. The van der Waals surface area contributed by atoms with Gasteiger partial charge in [-0.3, -0.25) is 14.8 Å². The van der Waals surface area contributed by atoms with Crippen molar-refractivity contribution in [3.8, 4) is 6.07 Å². The molecule has 156 valence electrons. The Bertz CT molecular complexity index is 1210. The lowest BCUT2D eigenvalue weighted by Crippen LogP contribution is -2.17. The van der Waals surface area contributed by atoms with Crippen molar-refractivity contribution in [3.05, 3.63) is 119 Å². The van der Waals surface area contributed by atoms with Crippen LogP contribution in [-0.2, 0) is 4.79 Å². The zero-order chi connectivity index (χ0) is 22.3. The lowest BCUT2D eigenvalue weighted by molar-refractivity contribution is -0.114. The predicted molar refractivity (Wildman–Crippen MR) is 122 cm³/mol. The number of amides is 1. The Labute approximate surface area is 186 Å². The van der Waals surface area contributed by atoms with E-state index in [0.717, 1.165) is 22.4 Å². The molecule has 3 aromatic heterocycles. The fraction of sp³-hybridized carbons (Fsp3) is 0.115.